The molecule has 0 fully saturated rings. The topological polar surface area (TPSA) is 58.0 Å². The SMILES string of the molecule is CC(Nc1cccc2nccn12)c1cn[nH]c1. The monoisotopic (exact) mass is 227 g/mol. The van der Waals surface area contributed by atoms with Gasteiger partial charge < -0.3 is 5.32 Å². The van der Waals surface area contributed by atoms with Gasteiger partial charge in [0.2, 0.25) is 0 Å². The molecule has 0 aromatic carbocycles. The summed E-state index contributed by atoms with van der Waals surface area (Å²) < 4.78 is 2.02. The third-order valence-corrected chi connectivity index (χ3v) is 2.81. The van der Waals surface area contributed by atoms with Crippen molar-refractivity contribution in [3.8, 4) is 0 Å². The molecular weight excluding hydrogens is 214 g/mol. The average Bonchev–Trinajstić information content (AvgIpc) is 3.00. The first-order chi connectivity index (χ1) is 8.34. The quantitative estimate of drug-likeness (QED) is 0.721. The Kier molecular flexibility index (Phi) is 2.29. The number of hydrogen-bond donors (Lipinski definition) is 2. The predicted molar refractivity (Wildman–Crippen MR) is 65.8 cm³/mol. The maximum absolute atomic E-state index is 4.25. The Morgan fingerprint density at radius 3 is 3.18 bits per heavy atom. The summed E-state index contributed by atoms with van der Waals surface area (Å²) in [5, 5.41) is 10.2. The van der Waals surface area contributed by atoms with E-state index in [1.807, 2.05) is 41.2 Å². The standard InChI is InChI=1S/C12H13N5/c1-9(10-7-14-15-8-10)16-12-4-2-3-11-13-5-6-17(11)12/h2-9,16H,1H3,(H,14,15). The highest BCUT2D eigenvalue weighted by Crippen LogP contribution is 2.18. The van der Waals surface area contributed by atoms with E-state index in [1.54, 1.807) is 6.20 Å². The van der Waals surface area contributed by atoms with E-state index in [0.717, 1.165) is 17.0 Å². The highest BCUT2D eigenvalue weighted by molar-refractivity contribution is 5.50. The molecule has 0 saturated heterocycles. The molecule has 3 aromatic heterocycles. The fourth-order valence-corrected chi connectivity index (χ4v) is 1.87. The Bertz CT molecular complexity index is 611. The van der Waals surface area contributed by atoms with Crippen LogP contribution in [0.2, 0.25) is 0 Å². The third kappa shape index (κ3) is 1.75. The van der Waals surface area contributed by atoms with E-state index in [4.69, 9.17) is 0 Å². The van der Waals surface area contributed by atoms with Gasteiger partial charge >= 0.3 is 0 Å². The van der Waals surface area contributed by atoms with Crippen molar-refractivity contribution in [2.45, 2.75) is 13.0 Å². The first-order valence-corrected chi connectivity index (χ1v) is 5.52. The number of aromatic amines is 1. The Hall–Kier alpha value is -2.30. The van der Waals surface area contributed by atoms with Gasteiger partial charge in [-0.15, -0.1) is 0 Å². The van der Waals surface area contributed by atoms with Gasteiger partial charge in [-0.25, -0.2) is 4.98 Å². The molecule has 5 nitrogen and oxygen atoms in total. The minimum absolute atomic E-state index is 0.196. The van der Waals surface area contributed by atoms with Gasteiger partial charge in [-0.2, -0.15) is 5.10 Å². The molecule has 17 heavy (non-hydrogen) atoms. The fourth-order valence-electron chi connectivity index (χ4n) is 1.87. The predicted octanol–water partition coefficient (Wildman–Crippen LogP) is 2.23. The van der Waals surface area contributed by atoms with Crippen LogP contribution in [0, 0.1) is 0 Å². The van der Waals surface area contributed by atoms with Crippen LogP contribution in [-0.4, -0.2) is 19.6 Å². The van der Waals surface area contributed by atoms with Crippen molar-refractivity contribution in [2.24, 2.45) is 0 Å². The number of hydrogen-bond acceptors (Lipinski definition) is 3. The molecule has 0 aliphatic carbocycles. The van der Waals surface area contributed by atoms with E-state index < -0.39 is 0 Å². The summed E-state index contributed by atoms with van der Waals surface area (Å²) in [6, 6.07) is 6.20. The lowest BCUT2D eigenvalue weighted by Crippen LogP contribution is -2.08. The van der Waals surface area contributed by atoms with Crippen molar-refractivity contribution in [1.82, 2.24) is 19.6 Å². The van der Waals surface area contributed by atoms with Crippen LogP contribution < -0.4 is 5.32 Å². The summed E-state index contributed by atoms with van der Waals surface area (Å²) in [7, 11) is 0. The van der Waals surface area contributed by atoms with Crippen LogP contribution in [-0.2, 0) is 0 Å². The highest BCUT2D eigenvalue weighted by atomic mass is 15.1. The van der Waals surface area contributed by atoms with Gasteiger partial charge in [-0.05, 0) is 19.1 Å². The highest BCUT2D eigenvalue weighted by Gasteiger charge is 2.08. The molecule has 3 heterocycles. The van der Waals surface area contributed by atoms with Crippen molar-refractivity contribution in [3.05, 3.63) is 48.5 Å². The normalized spacial score (nSPS) is 12.8. The van der Waals surface area contributed by atoms with Gasteiger partial charge in [-0.1, -0.05) is 6.07 Å². The maximum Gasteiger partial charge on any atom is 0.138 e. The summed E-state index contributed by atoms with van der Waals surface area (Å²) in [4.78, 5) is 4.25. The minimum Gasteiger partial charge on any atom is -0.365 e. The van der Waals surface area contributed by atoms with Crippen LogP contribution in [0.3, 0.4) is 0 Å². The van der Waals surface area contributed by atoms with Crippen molar-refractivity contribution in [3.63, 3.8) is 0 Å². The largest absolute Gasteiger partial charge is 0.365 e. The van der Waals surface area contributed by atoms with E-state index in [1.165, 1.54) is 0 Å². The first-order valence-electron chi connectivity index (χ1n) is 5.52. The van der Waals surface area contributed by atoms with Crippen LogP contribution in [0.15, 0.2) is 43.0 Å². The molecule has 0 bridgehead atoms. The summed E-state index contributed by atoms with van der Waals surface area (Å²) >= 11 is 0. The lowest BCUT2D eigenvalue weighted by atomic mass is 10.2. The summed E-state index contributed by atoms with van der Waals surface area (Å²) in [6.07, 6.45) is 7.46. The zero-order valence-electron chi connectivity index (χ0n) is 9.46. The molecule has 0 radical (unpaired) electrons. The van der Waals surface area contributed by atoms with E-state index in [9.17, 15) is 0 Å². The second-order valence-electron chi connectivity index (χ2n) is 3.96. The third-order valence-electron chi connectivity index (χ3n) is 2.81. The Balaban J connectivity index is 1.92. The van der Waals surface area contributed by atoms with Crippen molar-refractivity contribution in [2.75, 3.05) is 5.32 Å². The fraction of sp³-hybridized carbons (Fsp3) is 0.167. The maximum atomic E-state index is 4.25. The van der Waals surface area contributed by atoms with Gasteiger partial charge in [0.15, 0.2) is 0 Å². The molecule has 0 saturated carbocycles. The molecule has 1 atom stereocenters. The first kappa shape index (κ1) is 9.89. The molecule has 5 heteroatoms. The van der Waals surface area contributed by atoms with Gasteiger partial charge in [0.1, 0.15) is 11.5 Å². The molecular formula is C12H13N5. The Morgan fingerprint density at radius 2 is 2.35 bits per heavy atom. The van der Waals surface area contributed by atoms with E-state index >= 15 is 0 Å². The van der Waals surface area contributed by atoms with Crippen LogP contribution in [0.4, 0.5) is 5.82 Å². The smallest absolute Gasteiger partial charge is 0.138 e. The van der Waals surface area contributed by atoms with Gasteiger partial charge in [0.25, 0.3) is 0 Å². The van der Waals surface area contributed by atoms with Crippen molar-refractivity contribution >= 4 is 11.5 Å². The van der Waals surface area contributed by atoms with E-state index in [2.05, 4.69) is 27.4 Å². The lowest BCUT2D eigenvalue weighted by molar-refractivity contribution is 0.869. The molecule has 0 aliphatic heterocycles. The molecule has 3 rings (SSSR count). The number of fused-ring (bicyclic) bond motifs is 1. The van der Waals surface area contributed by atoms with Crippen molar-refractivity contribution < 1.29 is 0 Å². The molecule has 0 amide bonds. The van der Waals surface area contributed by atoms with Gasteiger partial charge in [0.05, 0.1) is 12.2 Å². The van der Waals surface area contributed by atoms with Gasteiger partial charge in [0, 0.05) is 24.2 Å². The number of imidazole rings is 1. The summed E-state index contributed by atoms with van der Waals surface area (Å²) in [5.74, 6) is 1.02. The summed E-state index contributed by atoms with van der Waals surface area (Å²) in [5.41, 5.74) is 2.07. The minimum atomic E-state index is 0.196. The number of nitrogens with one attached hydrogen (secondary N) is 2. The number of anilines is 1. The zero-order chi connectivity index (χ0) is 11.7. The van der Waals surface area contributed by atoms with E-state index in [0.29, 0.717) is 0 Å². The van der Waals surface area contributed by atoms with Crippen LogP contribution >= 0.6 is 0 Å². The van der Waals surface area contributed by atoms with Crippen LogP contribution in [0.1, 0.15) is 18.5 Å². The molecule has 86 valence electrons. The van der Waals surface area contributed by atoms with E-state index in [-0.39, 0.29) is 6.04 Å². The second kappa shape index (κ2) is 3.93. The van der Waals surface area contributed by atoms with Crippen molar-refractivity contribution in [1.29, 1.82) is 0 Å². The Labute approximate surface area is 98.5 Å². The molecule has 0 spiro atoms. The average molecular weight is 227 g/mol. The zero-order valence-corrected chi connectivity index (χ0v) is 9.46. The number of nitrogens with zero attached hydrogens (tertiary/aromatic N) is 3. The lowest BCUT2D eigenvalue weighted by Gasteiger charge is -2.14. The Morgan fingerprint density at radius 1 is 1.41 bits per heavy atom. The number of H-pyrrole nitrogens is 1. The molecule has 2 N–H and O–H groups in total. The number of aromatic nitrogens is 4. The number of pyridine rings is 1. The second-order valence-corrected chi connectivity index (χ2v) is 3.96. The van der Waals surface area contributed by atoms with Crippen LogP contribution in [0.25, 0.3) is 5.65 Å². The molecule has 0 aliphatic rings. The van der Waals surface area contributed by atoms with Crippen LogP contribution in [0.5, 0.6) is 0 Å². The molecule has 1 unspecified atom stereocenters. The molecule has 3 aromatic rings. The van der Waals surface area contributed by atoms with Gasteiger partial charge in [-0.3, -0.25) is 9.50 Å². The summed E-state index contributed by atoms with van der Waals surface area (Å²) in [6.45, 7) is 2.10. The number of rotatable bonds is 3.